The lowest BCUT2D eigenvalue weighted by Crippen LogP contribution is -2.46. The zero-order valence-electron chi connectivity index (χ0n) is 14.6. The maximum atomic E-state index is 12.6. The van der Waals surface area contributed by atoms with Crippen molar-refractivity contribution in [1.29, 1.82) is 0 Å². The lowest BCUT2D eigenvalue weighted by molar-refractivity contribution is -0.144. The van der Waals surface area contributed by atoms with Crippen molar-refractivity contribution < 1.29 is 14.7 Å². The number of aliphatic hydroxyl groups excluding tert-OH is 1. The van der Waals surface area contributed by atoms with Gasteiger partial charge >= 0.3 is 0 Å². The molecule has 7 heteroatoms. The monoisotopic (exact) mass is 348 g/mol. The highest BCUT2D eigenvalue weighted by atomic mass is 16.3. The zero-order valence-corrected chi connectivity index (χ0v) is 14.6. The number of aliphatic hydroxyl groups is 1. The third-order valence-corrected chi connectivity index (χ3v) is 5.60. The van der Waals surface area contributed by atoms with Crippen molar-refractivity contribution >= 4 is 11.8 Å². The smallest absolute Gasteiger partial charge is 0.251 e. The molecule has 3 N–H and O–H groups in total. The van der Waals surface area contributed by atoms with E-state index in [4.69, 9.17) is 5.73 Å². The number of hydrogen-bond donors (Lipinski definition) is 2. The molecule has 2 amide bonds. The molecule has 1 aromatic rings. The van der Waals surface area contributed by atoms with Gasteiger partial charge in [0.15, 0.2) is 0 Å². The molecular weight excluding hydrogens is 320 g/mol. The van der Waals surface area contributed by atoms with Crippen molar-refractivity contribution in [1.82, 2.24) is 14.5 Å². The number of amides is 2. The minimum atomic E-state index is -0.853. The van der Waals surface area contributed by atoms with E-state index in [9.17, 15) is 14.7 Å². The molecule has 7 nitrogen and oxygen atoms in total. The van der Waals surface area contributed by atoms with Crippen LogP contribution >= 0.6 is 0 Å². The van der Waals surface area contributed by atoms with Crippen molar-refractivity contribution in [2.75, 3.05) is 13.1 Å². The van der Waals surface area contributed by atoms with Gasteiger partial charge in [-0.2, -0.15) is 0 Å². The Morgan fingerprint density at radius 1 is 1.20 bits per heavy atom. The van der Waals surface area contributed by atoms with Crippen LogP contribution in [0.4, 0.5) is 0 Å². The number of nitrogens with zero attached hydrogens (tertiary/aromatic N) is 3. The van der Waals surface area contributed by atoms with Crippen molar-refractivity contribution in [3.63, 3.8) is 0 Å². The molecule has 3 rings (SSSR count). The van der Waals surface area contributed by atoms with Gasteiger partial charge in [0.2, 0.25) is 5.91 Å². The van der Waals surface area contributed by atoms with Gasteiger partial charge in [-0.15, -0.1) is 0 Å². The van der Waals surface area contributed by atoms with Crippen LogP contribution in [0.5, 0.6) is 0 Å². The van der Waals surface area contributed by atoms with E-state index in [2.05, 4.69) is 4.98 Å². The van der Waals surface area contributed by atoms with E-state index >= 15 is 0 Å². The van der Waals surface area contributed by atoms with Crippen LogP contribution in [0.15, 0.2) is 12.4 Å². The summed E-state index contributed by atoms with van der Waals surface area (Å²) in [4.78, 5) is 29.9. The van der Waals surface area contributed by atoms with Crippen LogP contribution in [0.2, 0.25) is 0 Å². The van der Waals surface area contributed by atoms with E-state index in [1.807, 2.05) is 0 Å². The number of piperidine rings is 1. The summed E-state index contributed by atoms with van der Waals surface area (Å²) in [6, 6.07) is 0. The maximum Gasteiger partial charge on any atom is 0.251 e. The lowest BCUT2D eigenvalue weighted by atomic mass is 9.84. The van der Waals surface area contributed by atoms with E-state index in [0.717, 1.165) is 44.3 Å². The summed E-state index contributed by atoms with van der Waals surface area (Å²) in [5.41, 5.74) is 5.28. The van der Waals surface area contributed by atoms with Gasteiger partial charge in [0.1, 0.15) is 18.5 Å². The van der Waals surface area contributed by atoms with Crippen molar-refractivity contribution in [3.8, 4) is 0 Å². The molecule has 1 saturated heterocycles. The second kappa shape index (κ2) is 7.99. The predicted molar refractivity (Wildman–Crippen MR) is 92.6 cm³/mol. The summed E-state index contributed by atoms with van der Waals surface area (Å²) >= 11 is 0. The van der Waals surface area contributed by atoms with Gasteiger partial charge in [0.05, 0.1) is 0 Å². The van der Waals surface area contributed by atoms with Crippen LogP contribution in [0, 0.1) is 5.92 Å². The van der Waals surface area contributed by atoms with E-state index in [1.165, 1.54) is 6.42 Å². The average molecular weight is 348 g/mol. The summed E-state index contributed by atoms with van der Waals surface area (Å²) in [6.45, 7) is 1.38. The number of hydrogen-bond acceptors (Lipinski definition) is 4. The fraction of sp³-hybridized carbons (Fsp3) is 0.722. The Bertz CT molecular complexity index is 601. The molecule has 25 heavy (non-hydrogen) atoms. The second-order valence-electron chi connectivity index (χ2n) is 7.32. The van der Waals surface area contributed by atoms with Gasteiger partial charge in [0, 0.05) is 31.4 Å². The topological polar surface area (TPSA) is 101 Å². The first-order valence-corrected chi connectivity index (χ1v) is 9.32. The van der Waals surface area contributed by atoms with Crippen LogP contribution in [0.3, 0.4) is 0 Å². The minimum Gasteiger partial charge on any atom is -0.383 e. The number of carbonyl (C=O) groups is 2. The number of likely N-dealkylation sites (tertiary alicyclic amines) is 1. The molecule has 1 aromatic heterocycles. The molecule has 0 spiro atoms. The average Bonchev–Trinajstić information content (AvgIpc) is 3.08. The van der Waals surface area contributed by atoms with Gasteiger partial charge < -0.3 is 20.3 Å². The highest BCUT2D eigenvalue weighted by Gasteiger charge is 2.33. The van der Waals surface area contributed by atoms with E-state index < -0.39 is 6.10 Å². The zero-order chi connectivity index (χ0) is 17.8. The van der Waals surface area contributed by atoms with Gasteiger partial charge in [0.25, 0.3) is 5.91 Å². The molecule has 1 atom stereocenters. The largest absolute Gasteiger partial charge is 0.383 e. The molecule has 2 heterocycles. The third kappa shape index (κ3) is 4.21. The first-order chi connectivity index (χ1) is 12.1. The molecule has 0 unspecified atom stereocenters. The Hall–Kier alpha value is -1.89. The summed E-state index contributed by atoms with van der Waals surface area (Å²) in [7, 11) is 0. The molecule has 0 aromatic carbocycles. The molecule has 2 aliphatic rings. The Labute approximate surface area is 148 Å². The van der Waals surface area contributed by atoms with Crippen LogP contribution in [0.1, 0.15) is 56.7 Å². The van der Waals surface area contributed by atoms with E-state index in [0.29, 0.717) is 13.1 Å². The number of rotatable bonds is 5. The Balaban J connectivity index is 1.55. The third-order valence-electron chi connectivity index (χ3n) is 5.60. The van der Waals surface area contributed by atoms with Crippen molar-refractivity contribution in [3.05, 3.63) is 18.2 Å². The SMILES string of the molecule is NC(=O)Cn1ccnc1C1CCN(C(=O)[C@H](O)C2CCCCC2)CC1. The summed E-state index contributed by atoms with van der Waals surface area (Å²) in [6.07, 6.45) is 9.51. The minimum absolute atomic E-state index is 0.119. The number of primary amides is 1. The highest BCUT2D eigenvalue weighted by Crippen LogP contribution is 2.30. The predicted octanol–water partition coefficient (Wildman–Crippen LogP) is 1.02. The van der Waals surface area contributed by atoms with Crippen LogP contribution < -0.4 is 5.73 Å². The molecule has 1 aliphatic carbocycles. The van der Waals surface area contributed by atoms with Crippen molar-refractivity contribution in [2.24, 2.45) is 11.7 Å². The summed E-state index contributed by atoms with van der Waals surface area (Å²) < 4.78 is 1.79. The molecule has 1 aliphatic heterocycles. The first kappa shape index (κ1) is 17.9. The number of imidazole rings is 1. The Morgan fingerprint density at radius 2 is 1.88 bits per heavy atom. The standard InChI is InChI=1S/C18H28N4O3/c19-15(23)12-22-11-8-20-17(22)14-6-9-21(10-7-14)18(25)16(24)13-4-2-1-3-5-13/h8,11,13-14,16,24H,1-7,9-10,12H2,(H2,19,23)/t16-/m1/s1. The number of aromatic nitrogens is 2. The highest BCUT2D eigenvalue weighted by molar-refractivity contribution is 5.81. The lowest BCUT2D eigenvalue weighted by Gasteiger charge is -2.35. The van der Waals surface area contributed by atoms with E-state index in [-0.39, 0.29) is 30.2 Å². The maximum absolute atomic E-state index is 12.6. The molecule has 1 saturated carbocycles. The second-order valence-corrected chi connectivity index (χ2v) is 7.32. The van der Waals surface area contributed by atoms with Crippen LogP contribution in [-0.4, -0.2) is 50.6 Å². The number of carbonyl (C=O) groups excluding carboxylic acids is 2. The fourth-order valence-corrected chi connectivity index (χ4v) is 4.18. The first-order valence-electron chi connectivity index (χ1n) is 9.32. The fourth-order valence-electron chi connectivity index (χ4n) is 4.18. The number of nitrogens with two attached hydrogens (primary N) is 1. The molecule has 2 fully saturated rings. The van der Waals surface area contributed by atoms with Gasteiger partial charge in [-0.3, -0.25) is 9.59 Å². The molecular formula is C18H28N4O3. The molecule has 0 bridgehead atoms. The normalized spacial score (nSPS) is 21.2. The van der Waals surface area contributed by atoms with E-state index in [1.54, 1.807) is 21.9 Å². The van der Waals surface area contributed by atoms with Crippen LogP contribution in [-0.2, 0) is 16.1 Å². The molecule has 138 valence electrons. The summed E-state index contributed by atoms with van der Waals surface area (Å²) in [5, 5.41) is 10.4. The van der Waals surface area contributed by atoms with Crippen molar-refractivity contribution in [2.45, 2.75) is 63.5 Å². The van der Waals surface area contributed by atoms with Gasteiger partial charge in [-0.1, -0.05) is 19.3 Å². The van der Waals surface area contributed by atoms with Gasteiger partial charge in [-0.25, -0.2) is 4.98 Å². The van der Waals surface area contributed by atoms with Gasteiger partial charge in [-0.05, 0) is 31.6 Å². The summed E-state index contributed by atoms with van der Waals surface area (Å²) in [5.74, 6) is 0.686. The Morgan fingerprint density at radius 3 is 2.52 bits per heavy atom. The molecule has 0 radical (unpaired) electrons. The van der Waals surface area contributed by atoms with Crippen LogP contribution in [0.25, 0.3) is 0 Å². The Kier molecular flexibility index (Phi) is 5.73. The quantitative estimate of drug-likeness (QED) is 0.829.